The lowest BCUT2D eigenvalue weighted by Crippen LogP contribution is -2.69. The van der Waals surface area contributed by atoms with Crippen molar-refractivity contribution in [1.29, 1.82) is 0 Å². The molecular formula is C30H37N3O8. The van der Waals surface area contributed by atoms with Crippen LogP contribution in [0.4, 0.5) is 0 Å². The van der Waals surface area contributed by atoms with Crippen LogP contribution in [0, 0.1) is 17.3 Å². The van der Waals surface area contributed by atoms with Gasteiger partial charge in [-0.15, -0.1) is 0 Å². The normalized spacial score (nSPS) is 35.3. The molecule has 3 saturated carbocycles. The van der Waals surface area contributed by atoms with Crippen LogP contribution in [0.2, 0.25) is 0 Å². The Hall–Kier alpha value is -2.83. The van der Waals surface area contributed by atoms with E-state index in [2.05, 4.69) is 5.32 Å². The quantitative estimate of drug-likeness (QED) is 0.332. The number of amides is 2. The Kier molecular flexibility index (Phi) is 6.51. The van der Waals surface area contributed by atoms with Crippen molar-refractivity contribution in [2.45, 2.75) is 74.9 Å². The van der Waals surface area contributed by atoms with Crippen molar-refractivity contribution in [2.75, 3.05) is 27.2 Å². The van der Waals surface area contributed by atoms with Crippen molar-refractivity contribution in [2.24, 2.45) is 17.3 Å². The predicted octanol–water partition coefficient (Wildman–Crippen LogP) is 0.997. The number of hydrogen-bond donors (Lipinski definition) is 2. The largest absolute Gasteiger partial charge is 0.458 e. The molecule has 2 bridgehead atoms. The Morgan fingerprint density at radius 2 is 1.78 bits per heavy atom. The van der Waals surface area contributed by atoms with Crippen molar-refractivity contribution in [1.82, 2.24) is 15.3 Å². The maximum atomic E-state index is 13.9. The van der Waals surface area contributed by atoms with Crippen LogP contribution in [0.3, 0.4) is 0 Å². The number of carbonyl (C=O) groups is 3. The lowest BCUT2D eigenvalue weighted by atomic mass is 9.62. The van der Waals surface area contributed by atoms with Crippen LogP contribution in [-0.4, -0.2) is 96.3 Å². The Balaban J connectivity index is 1.19. The molecule has 220 valence electrons. The summed E-state index contributed by atoms with van der Waals surface area (Å²) in [6.45, 7) is 0.102. The van der Waals surface area contributed by atoms with E-state index in [-0.39, 0.29) is 37.9 Å². The van der Waals surface area contributed by atoms with Crippen molar-refractivity contribution < 1.29 is 38.5 Å². The Labute approximate surface area is 238 Å². The Morgan fingerprint density at radius 3 is 2.41 bits per heavy atom. The van der Waals surface area contributed by atoms with Crippen LogP contribution in [0.25, 0.3) is 6.08 Å². The molecule has 0 spiro atoms. The summed E-state index contributed by atoms with van der Waals surface area (Å²) in [4.78, 5) is 47.5. The van der Waals surface area contributed by atoms with Crippen LogP contribution in [0.1, 0.15) is 43.2 Å². The molecule has 11 nitrogen and oxygen atoms in total. The molecule has 2 amide bonds. The number of carbonyl (C=O) groups excluding carboxylic acids is 3. The molecule has 3 aliphatic carbocycles. The number of nitrogens with one attached hydrogen (secondary N) is 1. The minimum Gasteiger partial charge on any atom is -0.458 e. The summed E-state index contributed by atoms with van der Waals surface area (Å²) in [6.07, 6.45) is 5.27. The number of aliphatic hydroxyl groups is 1. The number of hydroxylamine groups is 2. The molecule has 0 radical (unpaired) electrons. The second-order valence-electron chi connectivity index (χ2n) is 12.4. The first kappa shape index (κ1) is 27.0. The molecule has 2 N–H and O–H groups in total. The van der Waals surface area contributed by atoms with Gasteiger partial charge in [0.1, 0.15) is 29.8 Å². The number of likely N-dealkylation sites (N-methyl/N-ethyl adjacent to an activating group) is 1. The topological polar surface area (TPSA) is 127 Å². The van der Waals surface area contributed by atoms with Gasteiger partial charge in [-0.3, -0.25) is 19.2 Å². The molecule has 0 aromatic heterocycles. The van der Waals surface area contributed by atoms with Gasteiger partial charge in [-0.25, -0.2) is 0 Å². The third kappa shape index (κ3) is 4.32. The first-order valence-electron chi connectivity index (χ1n) is 14.6. The van der Waals surface area contributed by atoms with Crippen LogP contribution >= 0.6 is 0 Å². The molecule has 11 heteroatoms. The lowest BCUT2D eigenvalue weighted by molar-refractivity contribution is -0.235. The summed E-state index contributed by atoms with van der Waals surface area (Å²) in [5.41, 5.74) is 0.486. The SMILES string of the molecule is CN(C)C(=O)C=Cc1ccc(CN2OC3C4OC(C5CC5)(C5CC5)OC4C4CC3(C(=O)NCCO)C2C(=O)O4)cc1. The fourth-order valence-corrected chi connectivity index (χ4v) is 7.23. The highest BCUT2D eigenvalue weighted by molar-refractivity contribution is 5.93. The molecule has 3 heterocycles. The van der Waals surface area contributed by atoms with Gasteiger partial charge >= 0.3 is 5.97 Å². The summed E-state index contributed by atoms with van der Waals surface area (Å²) in [5.74, 6) is -1.04. The first-order valence-corrected chi connectivity index (χ1v) is 14.6. The number of rotatable bonds is 9. The lowest BCUT2D eigenvalue weighted by Gasteiger charge is -2.48. The molecule has 3 aliphatic heterocycles. The first-order chi connectivity index (χ1) is 19.8. The van der Waals surface area contributed by atoms with E-state index >= 15 is 0 Å². The van der Waals surface area contributed by atoms with Gasteiger partial charge in [0.25, 0.3) is 0 Å². The predicted molar refractivity (Wildman–Crippen MR) is 143 cm³/mol. The fraction of sp³-hybridized carbons (Fsp3) is 0.633. The van der Waals surface area contributed by atoms with Gasteiger partial charge in [-0.05, 0) is 42.9 Å². The Bertz CT molecular complexity index is 1250. The number of hydrogen-bond acceptors (Lipinski definition) is 9. The molecule has 6 fully saturated rings. The second-order valence-corrected chi connectivity index (χ2v) is 12.4. The minimum absolute atomic E-state index is 0.0740. The maximum Gasteiger partial charge on any atom is 0.327 e. The molecule has 6 unspecified atom stereocenters. The van der Waals surface area contributed by atoms with E-state index in [1.54, 1.807) is 25.2 Å². The van der Waals surface area contributed by atoms with Gasteiger partial charge < -0.3 is 29.5 Å². The van der Waals surface area contributed by atoms with Crippen molar-refractivity contribution in [3.05, 3.63) is 41.5 Å². The number of ether oxygens (including phenoxy) is 3. The number of benzene rings is 1. The number of esters is 1. The highest BCUT2D eigenvalue weighted by Crippen LogP contribution is 2.63. The number of aliphatic hydroxyl groups excluding tert-OH is 1. The monoisotopic (exact) mass is 567 g/mol. The van der Waals surface area contributed by atoms with Gasteiger partial charge in [0.05, 0.1) is 13.2 Å². The van der Waals surface area contributed by atoms with E-state index in [9.17, 15) is 19.5 Å². The molecule has 3 saturated heterocycles. The van der Waals surface area contributed by atoms with E-state index in [1.807, 2.05) is 24.3 Å². The summed E-state index contributed by atoms with van der Waals surface area (Å²) >= 11 is 0. The summed E-state index contributed by atoms with van der Waals surface area (Å²) in [6, 6.07) is 6.62. The molecule has 6 aliphatic rings. The van der Waals surface area contributed by atoms with Gasteiger partial charge in [0, 0.05) is 45.0 Å². The van der Waals surface area contributed by atoms with E-state index in [0.29, 0.717) is 11.8 Å². The summed E-state index contributed by atoms with van der Waals surface area (Å²) in [7, 11) is 3.39. The van der Waals surface area contributed by atoms with Gasteiger partial charge in [-0.2, -0.15) is 5.06 Å². The van der Waals surface area contributed by atoms with E-state index in [1.165, 1.54) is 11.0 Å². The molecule has 6 atom stereocenters. The average Bonchev–Trinajstić information content (AvgIpc) is 3.90. The molecule has 1 aromatic rings. The van der Waals surface area contributed by atoms with Gasteiger partial charge in [0.15, 0.2) is 11.8 Å². The smallest absolute Gasteiger partial charge is 0.327 e. The van der Waals surface area contributed by atoms with Crippen LogP contribution in [0.5, 0.6) is 0 Å². The number of fused-ring (bicyclic) bond motifs is 4. The third-order valence-electron chi connectivity index (χ3n) is 9.48. The second kappa shape index (κ2) is 9.88. The van der Waals surface area contributed by atoms with Crippen LogP contribution < -0.4 is 5.32 Å². The zero-order valence-electron chi connectivity index (χ0n) is 23.4. The molecular weight excluding hydrogens is 530 g/mol. The maximum absolute atomic E-state index is 13.9. The highest BCUT2D eigenvalue weighted by atomic mass is 16.8. The average molecular weight is 568 g/mol. The van der Waals surface area contributed by atoms with E-state index < -0.39 is 47.6 Å². The molecule has 7 rings (SSSR count). The zero-order chi connectivity index (χ0) is 28.5. The minimum atomic E-state index is -1.24. The zero-order valence-corrected chi connectivity index (χ0v) is 23.4. The summed E-state index contributed by atoms with van der Waals surface area (Å²) in [5, 5.41) is 13.8. The van der Waals surface area contributed by atoms with Crippen molar-refractivity contribution in [3.63, 3.8) is 0 Å². The molecule has 41 heavy (non-hydrogen) atoms. The summed E-state index contributed by atoms with van der Waals surface area (Å²) < 4.78 is 19.5. The van der Waals surface area contributed by atoms with Crippen molar-refractivity contribution >= 4 is 23.9 Å². The fourth-order valence-electron chi connectivity index (χ4n) is 7.23. The third-order valence-corrected chi connectivity index (χ3v) is 9.48. The molecule has 1 aromatic carbocycles. The Morgan fingerprint density at radius 1 is 1.10 bits per heavy atom. The van der Waals surface area contributed by atoms with Gasteiger partial charge in [0.2, 0.25) is 11.8 Å². The van der Waals surface area contributed by atoms with Crippen LogP contribution in [-0.2, 0) is 40.0 Å². The van der Waals surface area contributed by atoms with Crippen LogP contribution in [0.15, 0.2) is 30.3 Å². The van der Waals surface area contributed by atoms with E-state index in [0.717, 1.165) is 36.8 Å². The number of nitrogens with zero attached hydrogens (tertiary/aromatic N) is 2. The van der Waals surface area contributed by atoms with E-state index in [4.69, 9.17) is 19.0 Å². The highest BCUT2D eigenvalue weighted by Gasteiger charge is 2.78. The van der Waals surface area contributed by atoms with Gasteiger partial charge in [-0.1, -0.05) is 24.3 Å². The van der Waals surface area contributed by atoms with Crippen molar-refractivity contribution in [3.8, 4) is 0 Å². The standard InChI is InChI=1S/C30H37N3O8/c1-32(2)22(35)12-7-17-3-5-18(6-4-17)16-33-25-27(36)38-21-15-29(25,28(37)31-13-14-34)26(41-33)24-23(21)39-30(40-24,19-8-9-19)20-10-11-20/h3-7,12,19-21,23-26,34H,8-11,13-16H2,1-2H3,(H,31,37).